The van der Waals surface area contributed by atoms with Crippen LogP contribution in [0.25, 0.3) is 6.08 Å². The normalized spacial score (nSPS) is 11.7. The molecule has 0 radical (unpaired) electrons. The lowest BCUT2D eigenvalue weighted by Crippen LogP contribution is -2.30. The van der Waals surface area contributed by atoms with Crippen molar-refractivity contribution in [3.63, 3.8) is 0 Å². The van der Waals surface area contributed by atoms with Gasteiger partial charge in [0.25, 0.3) is 11.8 Å². The number of methoxy groups -OCH3 is 1. The molecule has 0 saturated heterocycles. The number of benzene rings is 4. The SMILES string of the molecule is COc1ccc(/C=C(/NC(=O)c2ccccc2)C(=O)Nc2cccc(SC(C)C(=O)Nc3cccc(Cl)c3)c2)cc1. The van der Waals surface area contributed by atoms with E-state index in [0.717, 1.165) is 4.90 Å². The van der Waals surface area contributed by atoms with Gasteiger partial charge < -0.3 is 20.7 Å². The number of hydrogen-bond donors (Lipinski definition) is 3. The molecule has 0 saturated carbocycles. The molecule has 41 heavy (non-hydrogen) atoms. The van der Waals surface area contributed by atoms with Crippen LogP contribution in [0.15, 0.2) is 114 Å². The summed E-state index contributed by atoms with van der Waals surface area (Å²) in [6.07, 6.45) is 1.59. The highest BCUT2D eigenvalue weighted by molar-refractivity contribution is 8.00. The molecule has 208 valence electrons. The minimum atomic E-state index is -0.501. The van der Waals surface area contributed by atoms with Gasteiger partial charge in [0.1, 0.15) is 11.4 Å². The zero-order chi connectivity index (χ0) is 29.2. The summed E-state index contributed by atoms with van der Waals surface area (Å²) in [6.45, 7) is 1.80. The zero-order valence-corrected chi connectivity index (χ0v) is 24.0. The number of ether oxygens (including phenoxy) is 1. The van der Waals surface area contributed by atoms with Crippen molar-refractivity contribution in [1.82, 2.24) is 5.32 Å². The maximum Gasteiger partial charge on any atom is 0.272 e. The van der Waals surface area contributed by atoms with Crippen LogP contribution < -0.4 is 20.7 Å². The van der Waals surface area contributed by atoms with E-state index in [9.17, 15) is 14.4 Å². The van der Waals surface area contributed by atoms with Crippen LogP contribution in [0.3, 0.4) is 0 Å². The van der Waals surface area contributed by atoms with E-state index < -0.39 is 17.1 Å². The highest BCUT2D eigenvalue weighted by Crippen LogP contribution is 2.27. The van der Waals surface area contributed by atoms with Crippen molar-refractivity contribution >= 4 is 58.5 Å². The van der Waals surface area contributed by atoms with Gasteiger partial charge >= 0.3 is 0 Å². The van der Waals surface area contributed by atoms with Gasteiger partial charge in [0.05, 0.1) is 12.4 Å². The van der Waals surface area contributed by atoms with E-state index in [4.69, 9.17) is 16.3 Å². The van der Waals surface area contributed by atoms with Crippen LogP contribution >= 0.6 is 23.4 Å². The zero-order valence-electron chi connectivity index (χ0n) is 22.4. The molecule has 0 heterocycles. The summed E-state index contributed by atoms with van der Waals surface area (Å²) in [4.78, 5) is 39.8. The van der Waals surface area contributed by atoms with Gasteiger partial charge in [0, 0.05) is 26.9 Å². The summed E-state index contributed by atoms with van der Waals surface area (Å²) in [6, 6.07) is 29.9. The molecule has 1 unspecified atom stereocenters. The molecule has 0 aliphatic carbocycles. The summed E-state index contributed by atoms with van der Waals surface area (Å²) in [5.74, 6) is -0.422. The number of hydrogen-bond acceptors (Lipinski definition) is 5. The predicted molar refractivity (Wildman–Crippen MR) is 165 cm³/mol. The lowest BCUT2D eigenvalue weighted by molar-refractivity contribution is -0.115. The molecule has 7 nitrogen and oxygen atoms in total. The molecule has 0 aliphatic rings. The van der Waals surface area contributed by atoms with Crippen molar-refractivity contribution in [1.29, 1.82) is 0 Å². The van der Waals surface area contributed by atoms with Crippen LogP contribution in [0, 0.1) is 0 Å². The second-order valence-electron chi connectivity index (χ2n) is 8.89. The highest BCUT2D eigenvalue weighted by Gasteiger charge is 2.17. The van der Waals surface area contributed by atoms with Crippen LogP contribution in [0.1, 0.15) is 22.8 Å². The number of carbonyl (C=O) groups is 3. The Labute approximate surface area is 248 Å². The Balaban J connectivity index is 1.48. The highest BCUT2D eigenvalue weighted by atomic mass is 35.5. The average molecular weight is 586 g/mol. The van der Waals surface area contributed by atoms with Crippen molar-refractivity contribution in [2.24, 2.45) is 0 Å². The number of anilines is 2. The third-order valence-electron chi connectivity index (χ3n) is 5.82. The first-order chi connectivity index (χ1) is 19.8. The molecular formula is C32H28ClN3O4S. The molecule has 4 aromatic rings. The summed E-state index contributed by atoms with van der Waals surface area (Å²) < 4.78 is 5.21. The molecule has 3 N–H and O–H groups in total. The molecule has 0 bridgehead atoms. The minimum absolute atomic E-state index is 0.0661. The monoisotopic (exact) mass is 585 g/mol. The van der Waals surface area contributed by atoms with Gasteiger partial charge in [-0.3, -0.25) is 14.4 Å². The van der Waals surface area contributed by atoms with Crippen LogP contribution in [-0.4, -0.2) is 30.1 Å². The van der Waals surface area contributed by atoms with Gasteiger partial charge in [0.2, 0.25) is 5.91 Å². The second-order valence-corrected chi connectivity index (χ2v) is 10.7. The Hall–Kier alpha value is -4.53. The first-order valence-electron chi connectivity index (χ1n) is 12.7. The van der Waals surface area contributed by atoms with E-state index in [1.165, 1.54) is 11.8 Å². The maximum atomic E-state index is 13.4. The fraction of sp³-hybridized carbons (Fsp3) is 0.0938. The standard InChI is InChI=1S/C32H28ClN3O4S/c1-21(30(37)34-25-11-6-10-24(33)19-25)41-28-13-7-12-26(20-28)35-32(39)29(18-22-14-16-27(40-2)17-15-22)36-31(38)23-8-4-3-5-9-23/h3-21H,1-2H3,(H,34,37)(H,35,39)(H,36,38)/b29-18+. The van der Waals surface area contributed by atoms with Crippen molar-refractivity contribution in [3.05, 3.63) is 125 Å². The largest absolute Gasteiger partial charge is 0.497 e. The number of halogens is 1. The molecule has 9 heteroatoms. The van der Waals surface area contributed by atoms with Crippen LogP contribution in [0.4, 0.5) is 11.4 Å². The number of rotatable bonds is 10. The minimum Gasteiger partial charge on any atom is -0.497 e. The van der Waals surface area contributed by atoms with Gasteiger partial charge in [-0.15, -0.1) is 11.8 Å². The lowest BCUT2D eigenvalue weighted by Gasteiger charge is -2.14. The topological polar surface area (TPSA) is 96.5 Å². The van der Waals surface area contributed by atoms with Crippen LogP contribution in [-0.2, 0) is 9.59 Å². The van der Waals surface area contributed by atoms with E-state index >= 15 is 0 Å². The van der Waals surface area contributed by atoms with Gasteiger partial charge in [-0.1, -0.05) is 54.1 Å². The van der Waals surface area contributed by atoms with Crippen molar-refractivity contribution in [3.8, 4) is 5.75 Å². The first-order valence-corrected chi connectivity index (χ1v) is 13.9. The number of amides is 3. The maximum absolute atomic E-state index is 13.4. The van der Waals surface area contributed by atoms with Gasteiger partial charge in [-0.25, -0.2) is 0 Å². The Kier molecular flexibility index (Phi) is 10.2. The molecule has 0 aromatic heterocycles. The fourth-order valence-corrected chi connectivity index (χ4v) is 4.84. The third-order valence-corrected chi connectivity index (χ3v) is 7.15. The Morgan fingerprint density at radius 2 is 1.51 bits per heavy atom. The Morgan fingerprint density at radius 1 is 0.829 bits per heavy atom. The Bertz CT molecular complexity index is 1560. The van der Waals surface area contributed by atoms with Crippen molar-refractivity contribution < 1.29 is 19.1 Å². The van der Waals surface area contributed by atoms with E-state index in [2.05, 4.69) is 16.0 Å². The van der Waals surface area contributed by atoms with Gasteiger partial charge in [-0.2, -0.15) is 0 Å². The summed E-state index contributed by atoms with van der Waals surface area (Å²) in [7, 11) is 1.57. The third kappa shape index (κ3) is 8.73. The van der Waals surface area contributed by atoms with Gasteiger partial charge in [0.15, 0.2) is 0 Å². The van der Waals surface area contributed by atoms with Crippen LogP contribution in [0.2, 0.25) is 5.02 Å². The predicted octanol–water partition coefficient (Wildman–Crippen LogP) is 6.88. The second kappa shape index (κ2) is 14.2. The average Bonchev–Trinajstić information content (AvgIpc) is 2.97. The molecular weight excluding hydrogens is 558 g/mol. The van der Waals surface area contributed by atoms with Crippen molar-refractivity contribution in [2.75, 3.05) is 17.7 Å². The summed E-state index contributed by atoms with van der Waals surface area (Å²) in [5.41, 5.74) is 2.32. The van der Waals surface area contributed by atoms with Crippen LogP contribution in [0.5, 0.6) is 5.75 Å². The first kappa shape index (κ1) is 29.5. The molecule has 0 fully saturated rings. The van der Waals surface area contributed by atoms with E-state index in [-0.39, 0.29) is 11.6 Å². The van der Waals surface area contributed by atoms with Gasteiger partial charge in [-0.05, 0) is 79.2 Å². The lowest BCUT2D eigenvalue weighted by atomic mass is 10.1. The molecule has 3 amide bonds. The molecule has 0 aliphatic heterocycles. The summed E-state index contributed by atoms with van der Waals surface area (Å²) >= 11 is 7.36. The number of carbonyl (C=O) groups excluding carboxylic acids is 3. The smallest absolute Gasteiger partial charge is 0.272 e. The molecule has 0 spiro atoms. The molecule has 4 rings (SSSR count). The quantitative estimate of drug-likeness (QED) is 0.139. The number of nitrogens with one attached hydrogen (secondary N) is 3. The van der Waals surface area contributed by atoms with E-state index in [1.807, 2.05) is 12.1 Å². The summed E-state index contributed by atoms with van der Waals surface area (Å²) in [5, 5.41) is 8.56. The van der Waals surface area contributed by atoms with Crippen molar-refractivity contribution in [2.45, 2.75) is 17.1 Å². The van der Waals surface area contributed by atoms with E-state index in [0.29, 0.717) is 33.3 Å². The Morgan fingerprint density at radius 3 is 2.20 bits per heavy atom. The van der Waals surface area contributed by atoms with E-state index in [1.54, 1.807) is 111 Å². The number of thioether (sulfide) groups is 1. The molecule has 1 atom stereocenters. The fourth-order valence-electron chi connectivity index (χ4n) is 3.72. The molecule has 4 aromatic carbocycles.